The topological polar surface area (TPSA) is 97.1 Å². The van der Waals surface area contributed by atoms with E-state index in [1.54, 1.807) is 0 Å². The van der Waals surface area contributed by atoms with Gasteiger partial charge < -0.3 is 15.1 Å². The first kappa shape index (κ1) is 15.9. The molecule has 0 saturated carbocycles. The summed E-state index contributed by atoms with van der Waals surface area (Å²) in [6, 6.07) is 0.340. The van der Waals surface area contributed by atoms with Gasteiger partial charge in [-0.25, -0.2) is 8.42 Å². The first-order valence-corrected chi connectivity index (χ1v) is 8.47. The number of nitrogens with zero attached hydrogens (tertiary/aromatic N) is 2. The Labute approximate surface area is 114 Å². The van der Waals surface area contributed by atoms with E-state index < -0.39 is 9.84 Å². The fraction of sp³-hybridized carbons (Fsp3) is 0.818. The Hall–Kier alpha value is -1.15. The molecule has 0 aromatic carbocycles. The van der Waals surface area contributed by atoms with E-state index in [-0.39, 0.29) is 11.8 Å². The summed E-state index contributed by atoms with van der Waals surface area (Å²) in [5.41, 5.74) is 0. The third-order valence-corrected chi connectivity index (χ3v) is 3.51. The summed E-state index contributed by atoms with van der Waals surface area (Å²) in [5.74, 6) is 0.675. The van der Waals surface area contributed by atoms with E-state index in [1.165, 1.54) is 6.26 Å². The van der Waals surface area contributed by atoms with Crippen molar-refractivity contribution in [2.75, 3.05) is 30.4 Å². The Morgan fingerprint density at radius 3 is 2.68 bits per heavy atom. The largest absolute Gasteiger partial charge is 0.406 e. The van der Waals surface area contributed by atoms with E-state index in [4.69, 9.17) is 4.42 Å². The van der Waals surface area contributed by atoms with Gasteiger partial charge in [0.1, 0.15) is 9.84 Å². The molecule has 2 N–H and O–H groups in total. The lowest BCUT2D eigenvalue weighted by atomic mass is 10.3. The molecule has 0 spiro atoms. The van der Waals surface area contributed by atoms with Crippen LogP contribution in [0.15, 0.2) is 4.42 Å². The Kier molecular flexibility index (Phi) is 6.23. The summed E-state index contributed by atoms with van der Waals surface area (Å²) in [5, 5.41) is 14.0. The van der Waals surface area contributed by atoms with Gasteiger partial charge in [-0.1, -0.05) is 12.0 Å². The lowest BCUT2D eigenvalue weighted by Gasteiger charge is -2.07. The lowest BCUT2D eigenvalue weighted by Crippen LogP contribution is -2.19. The van der Waals surface area contributed by atoms with Gasteiger partial charge in [0.05, 0.1) is 11.8 Å². The standard InChI is InChI=1S/C11H22N4O3S/c1-4-6-12-9(2)10-14-15-11(18-10)13-7-5-8-19(3,16)17/h9,12H,4-8H2,1-3H3,(H,13,15). The molecule has 7 nitrogen and oxygen atoms in total. The molecule has 1 heterocycles. The second-order valence-corrected chi connectivity index (χ2v) is 6.79. The van der Waals surface area contributed by atoms with Crippen molar-refractivity contribution in [3.63, 3.8) is 0 Å². The van der Waals surface area contributed by atoms with Crippen LogP contribution in [0.4, 0.5) is 6.01 Å². The fourth-order valence-corrected chi connectivity index (χ4v) is 2.13. The fourth-order valence-electron chi connectivity index (χ4n) is 1.46. The van der Waals surface area contributed by atoms with Crippen molar-refractivity contribution in [1.29, 1.82) is 0 Å². The molecule has 0 aliphatic heterocycles. The molecule has 1 unspecified atom stereocenters. The third-order valence-electron chi connectivity index (χ3n) is 2.48. The molecule has 0 saturated heterocycles. The van der Waals surface area contributed by atoms with Crippen LogP contribution in [-0.2, 0) is 9.84 Å². The highest BCUT2D eigenvalue weighted by Crippen LogP contribution is 2.13. The van der Waals surface area contributed by atoms with Crippen LogP contribution in [0.3, 0.4) is 0 Å². The molecule has 0 amide bonds. The molecule has 1 atom stereocenters. The van der Waals surface area contributed by atoms with Crippen molar-refractivity contribution >= 4 is 15.9 Å². The minimum Gasteiger partial charge on any atom is -0.406 e. The smallest absolute Gasteiger partial charge is 0.315 e. The SMILES string of the molecule is CCCNC(C)c1nnc(NCCCS(C)(=O)=O)o1. The molecular weight excluding hydrogens is 268 g/mol. The molecule has 19 heavy (non-hydrogen) atoms. The minimum absolute atomic E-state index is 0.0130. The minimum atomic E-state index is -2.91. The first-order valence-electron chi connectivity index (χ1n) is 6.40. The Morgan fingerprint density at radius 1 is 1.32 bits per heavy atom. The molecule has 0 bridgehead atoms. The van der Waals surface area contributed by atoms with Gasteiger partial charge >= 0.3 is 6.01 Å². The molecule has 0 aliphatic rings. The van der Waals surface area contributed by atoms with E-state index >= 15 is 0 Å². The normalized spacial score (nSPS) is 13.4. The molecule has 0 radical (unpaired) electrons. The second-order valence-electron chi connectivity index (χ2n) is 4.53. The summed E-state index contributed by atoms with van der Waals surface area (Å²) in [6.45, 7) is 5.42. The number of sulfone groups is 1. The highest BCUT2D eigenvalue weighted by Gasteiger charge is 2.12. The Balaban J connectivity index is 2.34. The third kappa shape index (κ3) is 6.53. The van der Waals surface area contributed by atoms with Crippen molar-refractivity contribution in [3.8, 4) is 0 Å². The average Bonchev–Trinajstić information content (AvgIpc) is 2.79. The van der Waals surface area contributed by atoms with Crippen molar-refractivity contribution in [2.24, 2.45) is 0 Å². The van der Waals surface area contributed by atoms with E-state index in [2.05, 4.69) is 27.8 Å². The maximum Gasteiger partial charge on any atom is 0.315 e. The van der Waals surface area contributed by atoms with Crippen LogP contribution in [-0.4, -0.2) is 43.7 Å². The van der Waals surface area contributed by atoms with Gasteiger partial charge in [-0.2, -0.15) is 0 Å². The van der Waals surface area contributed by atoms with Crippen LogP contribution in [0.25, 0.3) is 0 Å². The average molecular weight is 290 g/mol. The summed E-state index contributed by atoms with van der Waals surface area (Å²) in [6.07, 6.45) is 2.77. The first-order chi connectivity index (χ1) is 8.92. The Morgan fingerprint density at radius 2 is 2.05 bits per heavy atom. The zero-order valence-electron chi connectivity index (χ0n) is 11.6. The van der Waals surface area contributed by atoms with Crippen LogP contribution >= 0.6 is 0 Å². The van der Waals surface area contributed by atoms with Gasteiger partial charge in [-0.3, -0.25) is 0 Å². The molecule has 0 fully saturated rings. The second kappa shape index (κ2) is 7.44. The van der Waals surface area contributed by atoms with E-state index in [9.17, 15) is 8.42 Å². The number of aromatic nitrogens is 2. The zero-order chi connectivity index (χ0) is 14.3. The predicted octanol–water partition coefficient (Wildman–Crippen LogP) is 0.977. The van der Waals surface area contributed by atoms with Crippen LogP contribution in [0.5, 0.6) is 0 Å². The van der Waals surface area contributed by atoms with Crippen molar-refractivity contribution in [1.82, 2.24) is 15.5 Å². The van der Waals surface area contributed by atoms with Crippen LogP contribution in [0.2, 0.25) is 0 Å². The maximum absolute atomic E-state index is 10.9. The lowest BCUT2D eigenvalue weighted by molar-refractivity contribution is 0.423. The summed E-state index contributed by atoms with van der Waals surface area (Å²) >= 11 is 0. The number of hydrogen-bond donors (Lipinski definition) is 2. The van der Waals surface area contributed by atoms with Crippen molar-refractivity contribution in [2.45, 2.75) is 32.7 Å². The highest BCUT2D eigenvalue weighted by atomic mass is 32.2. The number of rotatable bonds is 9. The number of anilines is 1. The molecule has 1 aromatic heterocycles. The van der Waals surface area contributed by atoms with Crippen LogP contribution in [0.1, 0.15) is 38.6 Å². The molecule has 0 aliphatic carbocycles. The van der Waals surface area contributed by atoms with Gasteiger partial charge in [0.2, 0.25) is 5.89 Å². The molecule has 8 heteroatoms. The van der Waals surface area contributed by atoms with Gasteiger partial charge in [-0.15, -0.1) is 5.10 Å². The molecule has 1 aromatic rings. The maximum atomic E-state index is 10.9. The molecule has 110 valence electrons. The van der Waals surface area contributed by atoms with E-state index in [0.29, 0.717) is 24.9 Å². The number of nitrogens with one attached hydrogen (secondary N) is 2. The Bertz CT molecular complexity index is 472. The van der Waals surface area contributed by atoms with Gasteiger partial charge in [0, 0.05) is 12.8 Å². The van der Waals surface area contributed by atoms with Gasteiger partial charge in [0.25, 0.3) is 0 Å². The van der Waals surface area contributed by atoms with Gasteiger partial charge in [-0.05, 0) is 26.3 Å². The summed E-state index contributed by atoms with van der Waals surface area (Å²) in [7, 11) is -2.91. The van der Waals surface area contributed by atoms with E-state index in [1.807, 2.05) is 6.92 Å². The number of hydrogen-bond acceptors (Lipinski definition) is 7. The van der Waals surface area contributed by atoms with E-state index in [0.717, 1.165) is 13.0 Å². The monoisotopic (exact) mass is 290 g/mol. The van der Waals surface area contributed by atoms with Crippen molar-refractivity contribution in [3.05, 3.63) is 5.89 Å². The summed E-state index contributed by atoms with van der Waals surface area (Å²) < 4.78 is 27.3. The van der Waals surface area contributed by atoms with Crippen molar-refractivity contribution < 1.29 is 12.8 Å². The van der Waals surface area contributed by atoms with Gasteiger partial charge in [0.15, 0.2) is 0 Å². The zero-order valence-corrected chi connectivity index (χ0v) is 12.5. The van der Waals surface area contributed by atoms with Crippen LogP contribution in [0, 0.1) is 0 Å². The molecule has 1 rings (SSSR count). The molecular formula is C11H22N4O3S. The predicted molar refractivity (Wildman–Crippen MR) is 73.8 cm³/mol. The van der Waals surface area contributed by atoms with Crippen LogP contribution < -0.4 is 10.6 Å². The summed E-state index contributed by atoms with van der Waals surface area (Å²) in [4.78, 5) is 0. The highest BCUT2D eigenvalue weighted by molar-refractivity contribution is 7.90. The quantitative estimate of drug-likeness (QED) is 0.654.